The summed E-state index contributed by atoms with van der Waals surface area (Å²) in [6.07, 6.45) is -1.30. The Morgan fingerprint density at radius 3 is 2.28 bits per heavy atom. The number of benzene rings is 1. The first-order chi connectivity index (χ1) is 8.31. The third-order valence-electron chi connectivity index (χ3n) is 3.47. The lowest BCUT2D eigenvalue weighted by Gasteiger charge is -2.22. The van der Waals surface area contributed by atoms with Gasteiger partial charge in [-0.15, -0.1) is 0 Å². The molecular formula is C14H19BFIO. The van der Waals surface area contributed by atoms with E-state index < -0.39 is 6.36 Å². The van der Waals surface area contributed by atoms with Gasteiger partial charge in [0, 0.05) is 12.5 Å². The first-order valence-corrected chi connectivity index (χ1v) is 7.24. The van der Waals surface area contributed by atoms with E-state index in [0.717, 1.165) is 16.7 Å². The second-order valence-corrected chi connectivity index (χ2v) is 5.28. The third kappa shape index (κ3) is 2.90. The van der Waals surface area contributed by atoms with E-state index in [4.69, 9.17) is 4.74 Å². The van der Waals surface area contributed by atoms with Gasteiger partial charge in [-0.1, -0.05) is 33.6 Å². The number of rotatable bonds is 3. The molecule has 1 atom stereocenters. The number of allylic oxidation sites excluding steroid dienone is 1. The molecule has 1 unspecified atom stereocenters. The topological polar surface area (TPSA) is 9.23 Å². The van der Waals surface area contributed by atoms with Crippen LogP contribution in [0.15, 0.2) is 4.08 Å². The van der Waals surface area contributed by atoms with Crippen molar-refractivity contribution in [2.24, 2.45) is 0 Å². The molecule has 0 aliphatic heterocycles. The molecular weight excluding hydrogens is 341 g/mol. The highest BCUT2D eigenvalue weighted by atomic mass is 127. The van der Waals surface area contributed by atoms with Crippen molar-refractivity contribution in [3.63, 3.8) is 0 Å². The van der Waals surface area contributed by atoms with Crippen LogP contribution in [0.1, 0.15) is 36.1 Å². The van der Waals surface area contributed by atoms with E-state index in [-0.39, 0.29) is 0 Å². The fourth-order valence-electron chi connectivity index (χ4n) is 2.12. The summed E-state index contributed by atoms with van der Waals surface area (Å²) in [5.74, 6) is 0.677. The highest BCUT2D eigenvalue weighted by Gasteiger charge is 2.18. The largest absolute Gasteiger partial charge is 0.460 e. The predicted molar refractivity (Wildman–Crippen MR) is 87.7 cm³/mol. The van der Waals surface area contributed by atoms with Crippen LogP contribution in [0.5, 0.6) is 5.75 Å². The summed E-state index contributed by atoms with van der Waals surface area (Å²) in [5, 5.41) is 0. The Morgan fingerprint density at radius 2 is 1.83 bits per heavy atom. The van der Waals surface area contributed by atoms with Gasteiger partial charge >= 0.3 is 0 Å². The summed E-state index contributed by atoms with van der Waals surface area (Å²) in [6.45, 7) is 9.59. The monoisotopic (exact) mass is 360 g/mol. The molecule has 1 aromatic carbocycles. The SMILES string of the molecule is Bc1c(C)c(C)c(C)c(OC(C)F)c1/C(C)=C\I. The van der Waals surface area contributed by atoms with Gasteiger partial charge in [-0.3, -0.25) is 0 Å². The molecule has 0 aliphatic rings. The van der Waals surface area contributed by atoms with Crippen LogP contribution in [0.3, 0.4) is 0 Å². The Balaban J connectivity index is 3.64. The van der Waals surface area contributed by atoms with E-state index in [0.29, 0.717) is 5.75 Å². The molecule has 0 fully saturated rings. The summed E-state index contributed by atoms with van der Waals surface area (Å²) >= 11 is 2.20. The van der Waals surface area contributed by atoms with E-state index in [1.54, 1.807) is 0 Å². The molecule has 0 aliphatic carbocycles. The molecule has 1 nitrogen and oxygen atoms in total. The van der Waals surface area contributed by atoms with Gasteiger partial charge in [-0.05, 0) is 48.5 Å². The van der Waals surface area contributed by atoms with Crippen LogP contribution >= 0.6 is 22.6 Å². The van der Waals surface area contributed by atoms with Crippen molar-refractivity contribution in [1.29, 1.82) is 0 Å². The van der Waals surface area contributed by atoms with Gasteiger partial charge in [0.15, 0.2) is 0 Å². The van der Waals surface area contributed by atoms with Crippen LogP contribution in [-0.2, 0) is 0 Å². The Morgan fingerprint density at radius 1 is 1.28 bits per heavy atom. The van der Waals surface area contributed by atoms with Gasteiger partial charge in [0.2, 0.25) is 6.36 Å². The van der Waals surface area contributed by atoms with Crippen molar-refractivity contribution in [2.45, 2.75) is 41.0 Å². The molecule has 1 aromatic rings. The van der Waals surface area contributed by atoms with Crippen LogP contribution in [-0.4, -0.2) is 14.2 Å². The number of alkyl halides is 1. The Labute approximate surface area is 123 Å². The van der Waals surface area contributed by atoms with Gasteiger partial charge in [0.25, 0.3) is 0 Å². The predicted octanol–water partition coefficient (Wildman–Crippen LogP) is 3.36. The number of ether oxygens (including phenoxy) is 1. The lowest BCUT2D eigenvalue weighted by Crippen LogP contribution is -2.20. The van der Waals surface area contributed by atoms with Gasteiger partial charge in [-0.25, -0.2) is 4.39 Å². The molecule has 1 rings (SSSR count). The maximum atomic E-state index is 13.2. The minimum atomic E-state index is -1.30. The first kappa shape index (κ1) is 15.5. The van der Waals surface area contributed by atoms with Crippen molar-refractivity contribution >= 4 is 41.5 Å². The van der Waals surface area contributed by atoms with Crippen LogP contribution in [0.2, 0.25) is 0 Å². The zero-order chi connectivity index (χ0) is 14.0. The molecule has 0 spiro atoms. The molecule has 0 saturated carbocycles. The van der Waals surface area contributed by atoms with Crippen molar-refractivity contribution in [3.05, 3.63) is 26.3 Å². The Kier molecular flexibility index (Phi) is 5.26. The van der Waals surface area contributed by atoms with Gasteiger partial charge in [0.1, 0.15) is 13.6 Å². The molecule has 0 N–H and O–H groups in total. The minimum Gasteiger partial charge on any atom is -0.460 e. The van der Waals surface area contributed by atoms with Gasteiger partial charge < -0.3 is 4.74 Å². The van der Waals surface area contributed by atoms with E-state index in [2.05, 4.69) is 44.3 Å². The summed E-state index contributed by atoms with van der Waals surface area (Å²) in [4.78, 5) is 0. The Hall–Kier alpha value is -0.515. The molecule has 0 amide bonds. The fourth-order valence-corrected chi connectivity index (χ4v) is 2.43. The summed E-state index contributed by atoms with van der Waals surface area (Å²) in [7, 11) is 2.07. The quantitative estimate of drug-likeness (QED) is 0.594. The van der Waals surface area contributed by atoms with Crippen LogP contribution in [0.25, 0.3) is 5.57 Å². The highest BCUT2D eigenvalue weighted by molar-refractivity contribution is 14.1. The molecule has 18 heavy (non-hydrogen) atoms. The summed E-state index contributed by atoms with van der Waals surface area (Å²) < 4.78 is 20.6. The van der Waals surface area contributed by atoms with Crippen molar-refractivity contribution in [2.75, 3.05) is 0 Å². The summed E-state index contributed by atoms with van der Waals surface area (Å²) in [6, 6.07) is 0. The number of hydrogen-bond donors (Lipinski definition) is 0. The van der Waals surface area contributed by atoms with E-state index in [1.165, 1.54) is 23.5 Å². The third-order valence-corrected chi connectivity index (χ3v) is 4.40. The lowest BCUT2D eigenvalue weighted by molar-refractivity contribution is 0.0850. The smallest absolute Gasteiger partial charge is 0.235 e. The maximum Gasteiger partial charge on any atom is 0.235 e. The molecule has 0 bridgehead atoms. The van der Waals surface area contributed by atoms with Crippen LogP contribution in [0.4, 0.5) is 4.39 Å². The van der Waals surface area contributed by atoms with Gasteiger partial charge in [-0.2, -0.15) is 0 Å². The van der Waals surface area contributed by atoms with E-state index in [1.807, 2.05) is 17.9 Å². The average molecular weight is 360 g/mol. The minimum absolute atomic E-state index is 0.677. The van der Waals surface area contributed by atoms with Crippen molar-refractivity contribution < 1.29 is 9.13 Å². The lowest BCUT2D eigenvalue weighted by atomic mass is 9.79. The molecule has 0 radical (unpaired) electrons. The molecule has 4 heteroatoms. The number of halogens is 2. The van der Waals surface area contributed by atoms with Crippen molar-refractivity contribution in [3.8, 4) is 5.75 Å². The normalized spacial score (nSPS) is 13.6. The second-order valence-electron chi connectivity index (χ2n) is 4.66. The molecule has 0 saturated heterocycles. The van der Waals surface area contributed by atoms with Crippen LogP contribution in [0, 0.1) is 20.8 Å². The summed E-state index contributed by atoms with van der Waals surface area (Å²) in [5.41, 5.74) is 6.74. The molecule has 0 heterocycles. The molecule has 98 valence electrons. The fraction of sp³-hybridized carbons (Fsp3) is 0.429. The average Bonchev–Trinajstić information content (AvgIpc) is 2.32. The zero-order valence-corrected chi connectivity index (χ0v) is 14.0. The second kappa shape index (κ2) is 6.09. The highest BCUT2D eigenvalue weighted by Crippen LogP contribution is 2.33. The van der Waals surface area contributed by atoms with E-state index >= 15 is 0 Å². The van der Waals surface area contributed by atoms with E-state index in [9.17, 15) is 4.39 Å². The first-order valence-electron chi connectivity index (χ1n) is 5.99. The zero-order valence-electron chi connectivity index (χ0n) is 11.8. The number of hydrogen-bond acceptors (Lipinski definition) is 1. The molecule has 0 aromatic heterocycles. The Bertz CT molecular complexity index is 495. The van der Waals surface area contributed by atoms with Gasteiger partial charge in [0.05, 0.1) is 0 Å². The van der Waals surface area contributed by atoms with Crippen LogP contribution < -0.4 is 10.2 Å². The maximum absolute atomic E-state index is 13.2. The standard InChI is InChI=1S/C14H19BFIO/c1-7(6-17)12-13(15)9(3)8(2)10(4)14(12)18-11(5)16/h6,11H,15H2,1-5H3/b7-6-. The van der Waals surface area contributed by atoms with Crippen molar-refractivity contribution in [1.82, 2.24) is 0 Å².